The topological polar surface area (TPSA) is 76.4 Å². The minimum Gasteiger partial charge on any atom is -0.455 e. The van der Waals surface area contributed by atoms with E-state index in [0.717, 1.165) is 15.8 Å². The van der Waals surface area contributed by atoms with E-state index in [1.807, 2.05) is 36.4 Å². The molecule has 0 saturated heterocycles. The molecule has 0 atom stereocenters. The monoisotopic (exact) mass is 362 g/mol. The summed E-state index contributed by atoms with van der Waals surface area (Å²) in [7, 11) is 0. The molecule has 0 fully saturated rings. The van der Waals surface area contributed by atoms with E-state index in [2.05, 4.69) is 31.4 Å². The molecule has 0 radical (unpaired) electrons. The molecule has 3 rings (SSSR count). The Morgan fingerprint density at radius 2 is 2.05 bits per heavy atom. The Hall–Kier alpha value is -2.12. The van der Waals surface area contributed by atoms with Gasteiger partial charge in [0.1, 0.15) is 17.3 Å². The first-order valence-corrected chi connectivity index (χ1v) is 7.74. The third-order valence-electron chi connectivity index (χ3n) is 2.63. The molecule has 2 aromatic heterocycles. The van der Waals surface area contributed by atoms with Gasteiger partial charge < -0.3 is 10.2 Å². The molecule has 0 aliphatic rings. The molecule has 0 spiro atoms. The molecule has 5 nitrogen and oxygen atoms in total. The van der Waals surface area contributed by atoms with Crippen LogP contribution >= 0.6 is 27.3 Å². The quantitative estimate of drug-likeness (QED) is 0.538. The maximum atomic E-state index is 5.71. The van der Waals surface area contributed by atoms with Gasteiger partial charge in [-0.05, 0) is 24.3 Å². The molecule has 0 unspecified atom stereocenters. The van der Waals surface area contributed by atoms with E-state index in [9.17, 15) is 0 Å². The van der Waals surface area contributed by atoms with Gasteiger partial charge >= 0.3 is 0 Å². The summed E-state index contributed by atoms with van der Waals surface area (Å²) in [5, 5.41) is 6.45. The third kappa shape index (κ3) is 3.50. The number of nitrogens with one attached hydrogen (secondary N) is 1. The van der Waals surface area contributed by atoms with Gasteiger partial charge in [-0.3, -0.25) is 5.43 Å². The molecule has 0 amide bonds. The second-order valence-electron chi connectivity index (χ2n) is 4.16. The molecule has 1 aromatic carbocycles. The highest BCUT2D eigenvalue weighted by molar-refractivity contribution is 9.10. The lowest BCUT2D eigenvalue weighted by Crippen LogP contribution is -1.90. The van der Waals surface area contributed by atoms with Gasteiger partial charge in [-0.25, -0.2) is 4.98 Å². The summed E-state index contributed by atoms with van der Waals surface area (Å²) < 4.78 is 6.74. The van der Waals surface area contributed by atoms with Crippen LogP contribution in [0.5, 0.6) is 0 Å². The lowest BCUT2D eigenvalue weighted by Gasteiger charge is -1.96. The van der Waals surface area contributed by atoms with Crippen molar-refractivity contribution in [2.75, 3.05) is 11.2 Å². The van der Waals surface area contributed by atoms with E-state index < -0.39 is 0 Å². The van der Waals surface area contributed by atoms with Crippen molar-refractivity contribution >= 4 is 44.4 Å². The minimum absolute atomic E-state index is 0.480. The van der Waals surface area contributed by atoms with Crippen LogP contribution in [0, 0.1) is 0 Å². The van der Waals surface area contributed by atoms with Crippen LogP contribution in [0.3, 0.4) is 0 Å². The van der Waals surface area contributed by atoms with Gasteiger partial charge in [-0.15, -0.1) is 11.3 Å². The number of anilines is 2. The molecular formula is C14H11BrN4OS. The van der Waals surface area contributed by atoms with Crippen molar-refractivity contribution in [3.63, 3.8) is 0 Å². The average Bonchev–Trinajstić information content (AvgIpc) is 3.09. The van der Waals surface area contributed by atoms with Gasteiger partial charge in [-0.1, -0.05) is 28.1 Å². The van der Waals surface area contributed by atoms with E-state index >= 15 is 0 Å². The predicted molar refractivity (Wildman–Crippen MR) is 89.6 cm³/mol. The minimum atomic E-state index is 0.480. The Kier molecular flexibility index (Phi) is 4.03. The normalized spacial score (nSPS) is 11.1. The molecule has 21 heavy (non-hydrogen) atoms. The number of nitrogens with zero attached hydrogens (tertiary/aromatic N) is 2. The third-order valence-corrected chi connectivity index (χ3v) is 3.92. The molecule has 0 aliphatic heterocycles. The van der Waals surface area contributed by atoms with Crippen LogP contribution in [0.15, 0.2) is 55.8 Å². The summed E-state index contributed by atoms with van der Waals surface area (Å²) in [6, 6.07) is 11.7. The fourth-order valence-electron chi connectivity index (χ4n) is 1.68. The molecule has 3 N–H and O–H groups in total. The smallest absolute Gasteiger partial charge is 0.205 e. The van der Waals surface area contributed by atoms with Crippen molar-refractivity contribution < 1.29 is 4.42 Å². The Labute approximate surface area is 133 Å². The van der Waals surface area contributed by atoms with Crippen molar-refractivity contribution in [3.05, 3.63) is 52.0 Å². The lowest BCUT2D eigenvalue weighted by molar-refractivity contribution is 0.575. The SMILES string of the molecule is Nc1csc(NN=Cc2ccc(-c3ccc(Br)cc3)o2)n1. The van der Waals surface area contributed by atoms with Crippen molar-refractivity contribution in [3.8, 4) is 11.3 Å². The van der Waals surface area contributed by atoms with Crippen LogP contribution in [-0.2, 0) is 0 Å². The number of benzene rings is 1. The zero-order valence-corrected chi connectivity index (χ0v) is 13.2. The molecule has 0 aliphatic carbocycles. The number of nitrogens with two attached hydrogens (primary N) is 1. The first-order valence-electron chi connectivity index (χ1n) is 6.06. The summed E-state index contributed by atoms with van der Waals surface area (Å²) >= 11 is 4.80. The van der Waals surface area contributed by atoms with Crippen molar-refractivity contribution in [1.29, 1.82) is 0 Å². The molecule has 106 valence electrons. The van der Waals surface area contributed by atoms with E-state index in [4.69, 9.17) is 10.2 Å². The Morgan fingerprint density at radius 1 is 1.24 bits per heavy atom. The highest BCUT2D eigenvalue weighted by Gasteiger charge is 2.03. The number of nitrogen functional groups attached to an aromatic ring is 1. The van der Waals surface area contributed by atoms with Crippen molar-refractivity contribution in [2.45, 2.75) is 0 Å². The van der Waals surface area contributed by atoms with Gasteiger partial charge in [0.25, 0.3) is 0 Å². The first kappa shape index (κ1) is 13.8. The standard InChI is InChI=1S/C14H11BrN4OS/c15-10-3-1-9(2-4-10)12-6-5-11(20-12)7-17-19-14-18-13(16)8-21-14/h1-8H,16H2,(H,18,19). The number of hydrogen-bond acceptors (Lipinski definition) is 6. The molecule has 0 saturated carbocycles. The van der Waals surface area contributed by atoms with Gasteiger partial charge in [0, 0.05) is 15.4 Å². The summed E-state index contributed by atoms with van der Waals surface area (Å²) in [4.78, 5) is 4.04. The van der Waals surface area contributed by atoms with Crippen molar-refractivity contribution in [1.82, 2.24) is 4.98 Å². The Balaban J connectivity index is 1.68. The van der Waals surface area contributed by atoms with Crippen molar-refractivity contribution in [2.24, 2.45) is 5.10 Å². The van der Waals surface area contributed by atoms with Crippen LogP contribution in [0.25, 0.3) is 11.3 Å². The number of rotatable bonds is 4. The summed E-state index contributed by atoms with van der Waals surface area (Å²) in [6.07, 6.45) is 1.60. The summed E-state index contributed by atoms with van der Waals surface area (Å²) in [6.45, 7) is 0. The number of halogens is 1. The summed E-state index contributed by atoms with van der Waals surface area (Å²) in [5.74, 6) is 1.93. The van der Waals surface area contributed by atoms with Crippen LogP contribution < -0.4 is 11.2 Å². The zero-order valence-electron chi connectivity index (χ0n) is 10.8. The van der Waals surface area contributed by atoms with E-state index in [1.165, 1.54) is 11.3 Å². The fraction of sp³-hybridized carbons (Fsp3) is 0. The highest BCUT2D eigenvalue weighted by Crippen LogP contribution is 2.23. The molecule has 2 heterocycles. The number of hydrazone groups is 1. The van der Waals surface area contributed by atoms with Crippen LogP contribution in [-0.4, -0.2) is 11.2 Å². The highest BCUT2D eigenvalue weighted by atomic mass is 79.9. The van der Waals surface area contributed by atoms with Crippen LogP contribution in [0.4, 0.5) is 10.9 Å². The van der Waals surface area contributed by atoms with E-state index in [1.54, 1.807) is 11.6 Å². The fourth-order valence-corrected chi connectivity index (χ4v) is 2.49. The maximum absolute atomic E-state index is 5.71. The maximum Gasteiger partial charge on any atom is 0.205 e. The number of aromatic nitrogens is 1. The number of furan rings is 1. The summed E-state index contributed by atoms with van der Waals surface area (Å²) in [5.41, 5.74) is 9.34. The average molecular weight is 363 g/mol. The van der Waals surface area contributed by atoms with Crippen LogP contribution in [0.2, 0.25) is 0 Å². The number of hydrogen-bond donors (Lipinski definition) is 2. The van der Waals surface area contributed by atoms with Gasteiger partial charge in [0.15, 0.2) is 0 Å². The largest absolute Gasteiger partial charge is 0.455 e. The second-order valence-corrected chi connectivity index (χ2v) is 5.93. The first-order chi connectivity index (χ1) is 10.2. The predicted octanol–water partition coefficient (Wildman–Crippen LogP) is 4.19. The lowest BCUT2D eigenvalue weighted by atomic mass is 10.2. The Bertz CT molecular complexity index is 763. The molecule has 7 heteroatoms. The molecule has 0 bridgehead atoms. The number of thiazole rings is 1. The van der Waals surface area contributed by atoms with Crippen LogP contribution in [0.1, 0.15) is 5.76 Å². The molecular weight excluding hydrogens is 352 g/mol. The van der Waals surface area contributed by atoms with E-state index in [-0.39, 0.29) is 0 Å². The van der Waals surface area contributed by atoms with Gasteiger partial charge in [-0.2, -0.15) is 5.10 Å². The van der Waals surface area contributed by atoms with E-state index in [0.29, 0.717) is 16.7 Å². The second kappa shape index (κ2) is 6.11. The van der Waals surface area contributed by atoms with Gasteiger partial charge in [0.05, 0.1) is 6.21 Å². The Morgan fingerprint density at radius 3 is 2.76 bits per heavy atom. The van der Waals surface area contributed by atoms with Gasteiger partial charge in [0.2, 0.25) is 5.13 Å². The molecule has 3 aromatic rings. The zero-order chi connectivity index (χ0) is 14.7.